The van der Waals surface area contributed by atoms with Crippen molar-refractivity contribution in [2.24, 2.45) is 0 Å². The molecule has 21 heavy (non-hydrogen) atoms. The second-order valence-corrected chi connectivity index (χ2v) is 5.22. The molecule has 0 atom stereocenters. The number of rotatable bonds is 4. The maximum absolute atomic E-state index is 13.5. The van der Waals surface area contributed by atoms with Gasteiger partial charge in [0.1, 0.15) is 5.82 Å². The van der Waals surface area contributed by atoms with Crippen LogP contribution in [0.25, 0.3) is 0 Å². The van der Waals surface area contributed by atoms with Gasteiger partial charge in [-0.15, -0.1) is 0 Å². The first kappa shape index (κ1) is 13.8. The number of halogens is 2. The van der Waals surface area contributed by atoms with Crippen LogP contribution in [0.15, 0.2) is 30.6 Å². The first-order chi connectivity index (χ1) is 10.1. The fourth-order valence-corrected chi connectivity index (χ4v) is 2.13. The number of nitrogens with one attached hydrogen (secondary N) is 2. The highest BCUT2D eigenvalue weighted by Gasteiger charge is 2.23. The Morgan fingerprint density at radius 3 is 2.81 bits per heavy atom. The lowest BCUT2D eigenvalue weighted by atomic mass is 10.2. The summed E-state index contributed by atoms with van der Waals surface area (Å²) < 4.78 is 13.5. The van der Waals surface area contributed by atoms with Crippen molar-refractivity contribution < 1.29 is 9.18 Å². The quantitative estimate of drug-likeness (QED) is 0.911. The van der Waals surface area contributed by atoms with E-state index in [1.165, 1.54) is 30.6 Å². The lowest BCUT2D eigenvalue weighted by molar-refractivity contribution is 0.102. The number of hydrogen-bond acceptors (Lipinski definition) is 4. The van der Waals surface area contributed by atoms with E-state index in [0.717, 1.165) is 12.8 Å². The Kier molecular flexibility index (Phi) is 3.70. The van der Waals surface area contributed by atoms with Gasteiger partial charge in [-0.25, -0.2) is 4.39 Å². The number of carbonyl (C=O) groups excluding carboxylic acids is 1. The van der Waals surface area contributed by atoms with Gasteiger partial charge in [-0.05, 0) is 31.0 Å². The summed E-state index contributed by atoms with van der Waals surface area (Å²) >= 11 is 6.05. The van der Waals surface area contributed by atoms with Gasteiger partial charge in [0.25, 0.3) is 5.91 Å². The van der Waals surface area contributed by atoms with Crippen molar-refractivity contribution in [2.45, 2.75) is 18.9 Å². The Balaban J connectivity index is 1.88. The third-order valence-corrected chi connectivity index (χ3v) is 3.38. The van der Waals surface area contributed by atoms with Gasteiger partial charge in [0.05, 0.1) is 34.4 Å². The third-order valence-electron chi connectivity index (χ3n) is 3.08. The van der Waals surface area contributed by atoms with Gasteiger partial charge in [0.15, 0.2) is 0 Å². The summed E-state index contributed by atoms with van der Waals surface area (Å²) in [5.41, 5.74) is 1.20. The Labute approximate surface area is 125 Å². The molecule has 1 saturated carbocycles. The largest absolute Gasteiger partial charge is 0.381 e. The number of carbonyl (C=O) groups is 1. The number of aromatic nitrogens is 2. The molecular weight excluding hydrogens is 295 g/mol. The molecule has 3 rings (SSSR count). The number of anilines is 2. The van der Waals surface area contributed by atoms with E-state index in [0.29, 0.717) is 23.0 Å². The minimum absolute atomic E-state index is 0.147. The van der Waals surface area contributed by atoms with E-state index in [2.05, 4.69) is 20.8 Å². The second-order valence-electron chi connectivity index (χ2n) is 4.81. The van der Waals surface area contributed by atoms with Crippen molar-refractivity contribution in [2.75, 3.05) is 10.6 Å². The lowest BCUT2D eigenvalue weighted by Gasteiger charge is -2.14. The predicted octanol–water partition coefficient (Wildman–Crippen LogP) is 3.10. The molecule has 2 N–H and O–H groups in total. The molecule has 0 aliphatic heterocycles. The lowest BCUT2D eigenvalue weighted by Crippen LogP contribution is -2.15. The Hall–Kier alpha value is -2.21. The van der Waals surface area contributed by atoms with Crippen LogP contribution in [0.1, 0.15) is 23.2 Å². The molecule has 1 amide bonds. The van der Waals surface area contributed by atoms with E-state index in [9.17, 15) is 9.18 Å². The molecular formula is C14H12ClFN4O. The van der Waals surface area contributed by atoms with E-state index >= 15 is 0 Å². The van der Waals surface area contributed by atoms with E-state index < -0.39 is 5.82 Å². The first-order valence-electron chi connectivity index (χ1n) is 6.47. The molecule has 0 saturated heterocycles. The van der Waals surface area contributed by atoms with E-state index in [4.69, 9.17) is 11.6 Å². The molecule has 0 spiro atoms. The van der Waals surface area contributed by atoms with Crippen LogP contribution in [0.2, 0.25) is 5.02 Å². The van der Waals surface area contributed by atoms with Gasteiger partial charge in [0, 0.05) is 6.04 Å². The fourth-order valence-electron chi connectivity index (χ4n) is 1.87. The summed E-state index contributed by atoms with van der Waals surface area (Å²) in [6.07, 6.45) is 4.82. The highest BCUT2D eigenvalue weighted by atomic mass is 35.5. The van der Waals surface area contributed by atoms with Crippen LogP contribution in [0.4, 0.5) is 15.8 Å². The molecule has 1 aliphatic carbocycles. The highest BCUT2D eigenvalue weighted by molar-refractivity contribution is 6.34. The summed E-state index contributed by atoms with van der Waals surface area (Å²) in [5, 5.41) is 13.2. The van der Waals surface area contributed by atoms with Crippen molar-refractivity contribution in [3.8, 4) is 0 Å². The normalized spacial score (nSPS) is 13.8. The average Bonchev–Trinajstić information content (AvgIpc) is 3.27. The fraction of sp³-hybridized carbons (Fsp3) is 0.214. The van der Waals surface area contributed by atoms with Crippen LogP contribution in [0, 0.1) is 5.82 Å². The molecule has 2 aromatic rings. The molecule has 1 aromatic heterocycles. The molecule has 0 bridgehead atoms. The molecule has 7 heteroatoms. The van der Waals surface area contributed by atoms with Gasteiger partial charge >= 0.3 is 0 Å². The molecule has 0 radical (unpaired) electrons. The minimum atomic E-state index is -0.452. The number of hydrogen-bond donors (Lipinski definition) is 2. The monoisotopic (exact) mass is 306 g/mol. The van der Waals surface area contributed by atoms with Crippen LogP contribution in [-0.2, 0) is 0 Å². The molecule has 0 unspecified atom stereocenters. The number of nitrogens with zero attached hydrogens (tertiary/aromatic N) is 2. The molecule has 5 nitrogen and oxygen atoms in total. The van der Waals surface area contributed by atoms with Crippen molar-refractivity contribution in [3.05, 3.63) is 47.0 Å². The smallest absolute Gasteiger partial charge is 0.257 e. The maximum Gasteiger partial charge on any atom is 0.257 e. The average molecular weight is 307 g/mol. The Bertz CT molecular complexity index is 676. The number of benzene rings is 1. The van der Waals surface area contributed by atoms with Crippen LogP contribution < -0.4 is 10.6 Å². The Morgan fingerprint density at radius 2 is 2.14 bits per heavy atom. The second kappa shape index (κ2) is 5.65. The van der Waals surface area contributed by atoms with E-state index in [1.807, 2.05) is 0 Å². The topological polar surface area (TPSA) is 66.9 Å². The van der Waals surface area contributed by atoms with E-state index in [-0.39, 0.29) is 10.9 Å². The predicted molar refractivity (Wildman–Crippen MR) is 78.0 cm³/mol. The highest BCUT2D eigenvalue weighted by Crippen LogP contribution is 2.35. The summed E-state index contributed by atoms with van der Waals surface area (Å²) in [7, 11) is 0. The zero-order chi connectivity index (χ0) is 14.8. The van der Waals surface area contributed by atoms with Crippen molar-refractivity contribution in [1.29, 1.82) is 0 Å². The zero-order valence-corrected chi connectivity index (χ0v) is 11.7. The summed E-state index contributed by atoms with van der Waals surface area (Å²) in [6, 6.07) is 4.33. The van der Waals surface area contributed by atoms with Crippen molar-refractivity contribution >= 4 is 28.9 Å². The maximum atomic E-state index is 13.5. The Morgan fingerprint density at radius 1 is 1.33 bits per heavy atom. The summed E-state index contributed by atoms with van der Waals surface area (Å²) in [5.74, 6) is -0.830. The number of amides is 1. The van der Waals surface area contributed by atoms with Crippen LogP contribution >= 0.6 is 11.6 Å². The zero-order valence-electron chi connectivity index (χ0n) is 10.9. The summed E-state index contributed by atoms with van der Waals surface area (Å²) in [6.45, 7) is 0. The summed E-state index contributed by atoms with van der Waals surface area (Å²) in [4.78, 5) is 12.1. The van der Waals surface area contributed by atoms with Gasteiger partial charge < -0.3 is 10.6 Å². The molecule has 108 valence electrons. The van der Waals surface area contributed by atoms with Crippen molar-refractivity contribution in [1.82, 2.24) is 10.2 Å². The first-order valence-corrected chi connectivity index (χ1v) is 6.85. The van der Waals surface area contributed by atoms with E-state index in [1.54, 1.807) is 0 Å². The van der Waals surface area contributed by atoms with Gasteiger partial charge in [-0.3, -0.25) is 4.79 Å². The SMILES string of the molecule is O=C(Nc1c(Cl)cc(F)cc1NC1CC1)c1ccnnc1. The van der Waals surface area contributed by atoms with Crippen LogP contribution in [0.5, 0.6) is 0 Å². The standard InChI is InChI=1S/C14H12ClFN4O/c15-11-5-9(16)6-12(19-10-1-2-10)13(11)20-14(21)8-3-4-17-18-7-8/h3-7,10,19H,1-2H2,(H,20,21). The molecule has 1 heterocycles. The van der Waals surface area contributed by atoms with Gasteiger partial charge in [0.2, 0.25) is 0 Å². The third kappa shape index (κ3) is 3.28. The van der Waals surface area contributed by atoms with Crippen LogP contribution in [0.3, 0.4) is 0 Å². The van der Waals surface area contributed by atoms with Crippen molar-refractivity contribution in [3.63, 3.8) is 0 Å². The molecule has 1 aromatic carbocycles. The molecule has 1 aliphatic rings. The van der Waals surface area contributed by atoms with Crippen LogP contribution in [-0.4, -0.2) is 22.1 Å². The van der Waals surface area contributed by atoms with Gasteiger partial charge in [-0.2, -0.15) is 10.2 Å². The molecule has 1 fully saturated rings. The minimum Gasteiger partial charge on any atom is -0.381 e. The van der Waals surface area contributed by atoms with Gasteiger partial charge in [-0.1, -0.05) is 11.6 Å².